The Hall–Kier alpha value is -1.82. The van der Waals surface area contributed by atoms with Crippen LogP contribution in [0, 0.1) is 10.1 Å². The van der Waals surface area contributed by atoms with Crippen LogP contribution < -0.4 is 11.1 Å². The third-order valence-corrected chi connectivity index (χ3v) is 2.59. The summed E-state index contributed by atoms with van der Waals surface area (Å²) in [6.45, 7) is 1.87. The lowest BCUT2D eigenvalue weighted by Gasteiger charge is -2.11. The summed E-state index contributed by atoms with van der Waals surface area (Å²) in [7, 11) is 4.09. The summed E-state index contributed by atoms with van der Waals surface area (Å²) in [5.74, 6) is 0. The van der Waals surface area contributed by atoms with E-state index >= 15 is 0 Å². The van der Waals surface area contributed by atoms with Gasteiger partial charge in [-0.1, -0.05) is 0 Å². The molecule has 0 heterocycles. The average molecular weight is 252 g/mol. The van der Waals surface area contributed by atoms with Gasteiger partial charge in [-0.15, -0.1) is 0 Å². The Morgan fingerprint density at radius 2 is 2.11 bits per heavy atom. The molecule has 1 aromatic rings. The number of hydrogen-bond donors (Lipinski definition) is 2. The third-order valence-electron chi connectivity index (χ3n) is 2.59. The van der Waals surface area contributed by atoms with Crippen LogP contribution >= 0.6 is 0 Å². The maximum atomic E-state index is 10.6. The summed E-state index contributed by atoms with van der Waals surface area (Å²) >= 11 is 0. The van der Waals surface area contributed by atoms with Crippen LogP contribution in [0.1, 0.15) is 12.8 Å². The molecule has 0 spiro atoms. The lowest BCUT2D eigenvalue weighted by atomic mass is 10.2. The zero-order valence-electron chi connectivity index (χ0n) is 10.8. The number of unbranched alkanes of at least 4 members (excludes halogenated alkanes) is 1. The van der Waals surface area contributed by atoms with E-state index in [1.165, 1.54) is 12.1 Å². The molecule has 0 aliphatic carbocycles. The van der Waals surface area contributed by atoms with Crippen molar-refractivity contribution >= 4 is 17.1 Å². The number of nitro benzene ring substituents is 1. The first-order valence-electron chi connectivity index (χ1n) is 5.93. The summed E-state index contributed by atoms with van der Waals surface area (Å²) in [6, 6.07) is 4.49. The zero-order chi connectivity index (χ0) is 13.5. The smallest absolute Gasteiger partial charge is 0.271 e. The monoisotopic (exact) mass is 252 g/mol. The molecule has 0 amide bonds. The molecule has 6 heteroatoms. The third kappa shape index (κ3) is 4.58. The van der Waals surface area contributed by atoms with Gasteiger partial charge in [0.1, 0.15) is 0 Å². The Kier molecular flexibility index (Phi) is 5.38. The van der Waals surface area contributed by atoms with Crippen molar-refractivity contribution in [1.29, 1.82) is 0 Å². The number of benzene rings is 1. The molecule has 0 aromatic heterocycles. The number of non-ortho nitro benzene ring substituents is 1. The molecule has 1 aromatic carbocycles. The van der Waals surface area contributed by atoms with E-state index in [1.54, 1.807) is 6.07 Å². The second kappa shape index (κ2) is 6.80. The molecule has 3 N–H and O–H groups in total. The van der Waals surface area contributed by atoms with E-state index in [0.717, 1.165) is 31.6 Å². The lowest BCUT2D eigenvalue weighted by molar-refractivity contribution is -0.384. The molecule has 100 valence electrons. The molecule has 1 rings (SSSR count). The Morgan fingerprint density at radius 3 is 2.67 bits per heavy atom. The number of nitrogens with zero attached hydrogens (tertiary/aromatic N) is 2. The van der Waals surface area contributed by atoms with Crippen molar-refractivity contribution in [1.82, 2.24) is 4.90 Å². The van der Waals surface area contributed by atoms with Crippen LogP contribution in [0.25, 0.3) is 0 Å². The molecular formula is C12H20N4O2. The van der Waals surface area contributed by atoms with Crippen LogP contribution in [0.15, 0.2) is 18.2 Å². The van der Waals surface area contributed by atoms with E-state index < -0.39 is 4.92 Å². The van der Waals surface area contributed by atoms with Crippen LogP contribution in [0.4, 0.5) is 17.1 Å². The van der Waals surface area contributed by atoms with Gasteiger partial charge >= 0.3 is 0 Å². The zero-order valence-corrected chi connectivity index (χ0v) is 10.8. The number of nitro groups is 1. The number of nitrogens with two attached hydrogens (primary N) is 1. The second-order valence-electron chi connectivity index (χ2n) is 4.47. The van der Waals surface area contributed by atoms with E-state index in [0.29, 0.717) is 5.69 Å². The number of nitrogen functional groups attached to an aromatic ring is 1. The first-order valence-corrected chi connectivity index (χ1v) is 5.93. The second-order valence-corrected chi connectivity index (χ2v) is 4.47. The van der Waals surface area contributed by atoms with Gasteiger partial charge in [-0.25, -0.2) is 0 Å². The highest BCUT2D eigenvalue weighted by molar-refractivity contribution is 5.69. The van der Waals surface area contributed by atoms with Crippen molar-refractivity contribution in [3.05, 3.63) is 28.3 Å². The lowest BCUT2D eigenvalue weighted by Crippen LogP contribution is -2.14. The van der Waals surface area contributed by atoms with E-state index in [1.807, 2.05) is 14.1 Å². The minimum absolute atomic E-state index is 0.0191. The van der Waals surface area contributed by atoms with Crippen molar-refractivity contribution in [2.45, 2.75) is 12.8 Å². The molecule has 0 aliphatic rings. The minimum Gasteiger partial charge on any atom is -0.397 e. The molecule has 0 saturated heterocycles. The van der Waals surface area contributed by atoms with Gasteiger partial charge in [-0.3, -0.25) is 10.1 Å². The first-order chi connectivity index (χ1) is 8.50. The number of rotatable bonds is 7. The topological polar surface area (TPSA) is 84.4 Å². The fourth-order valence-corrected chi connectivity index (χ4v) is 1.60. The van der Waals surface area contributed by atoms with Crippen LogP contribution in [0.2, 0.25) is 0 Å². The quantitative estimate of drug-likeness (QED) is 0.335. The van der Waals surface area contributed by atoms with Gasteiger partial charge in [0.15, 0.2) is 0 Å². The Balaban J connectivity index is 2.41. The molecule has 0 fully saturated rings. The summed E-state index contributed by atoms with van der Waals surface area (Å²) in [5.41, 5.74) is 6.93. The molecule has 0 saturated carbocycles. The molecule has 0 atom stereocenters. The fourth-order valence-electron chi connectivity index (χ4n) is 1.60. The van der Waals surface area contributed by atoms with Gasteiger partial charge in [0.25, 0.3) is 5.69 Å². The highest BCUT2D eigenvalue weighted by atomic mass is 16.6. The summed E-state index contributed by atoms with van der Waals surface area (Å²) in [6.07, 6.45) is 2.14. The van der Waals surface area contributed by atoms with Gasteiger partial charge in [0, 0.05) is 18.7 Å². The normalized spacial score (nSPS) is 10.6. The highest BCUT2D eigenvalue weighted by Crippen LogP contribution is 2.23. The molecule has 0 radical (unpaired) electrons. The average Bonchev–Trinajstić information content (AvgIpc) is 2.29. The molecule has 18 heavy (non-hydrogen) atoms. The molecule has 0 bridgehead atoms. The van der Waals surface area contributed by atoms with Gasteiger partial charge in [-0.05, 0) is 39.5 Å². The molecular weight excluding hydrogens is 232 g/mol. The van der Waals surface area contributed by atoms with E-state index in [9.17, 15) is 10.1 Å². The largest absolute Gasteiger partial charge is 0.397 e. The Bertz CT molecular complexity index is 407. The number of anilines is 2. The van der Waals surface area contributed by atoms with Gasteiger partial charge in [0.05, 0.1) is 16.3 Å². The summed E-state index contributed by atoms with van der Waals surface area (Å²) < 4.78 is 0. The summed E-state index contributed by atoms with van der Waals surface area (Å²) in [4.78, 5) is 12.2. The maximum Gasteiger partial charge on any atom is 0.271 e. The van der Waals surface area contributed by atoms with E-state index in [-0.39, 0.29) is 5.69 Å². The van der Waals surface area contributed by atoms with E-state index in [4.69, 9.17) is 5.73 Å². The van der Waals surface area contributed by atoms with E-state index in [2.05, 4.69) is 10.2 Å². The Morgan fingerprint density at radius 1 is 1.39 bits per heavy atom. The fraction of sp³-hybridized carbons (Fsp3) is 0.500. The predicted octanol–water partition coefficient (Wildman–Crippen LogP) is 1.93. The van der Waals surface area contributed by atoms with Gasteiger partial charge in [-0.2, -0.15) is 0 Å². The maximum absolute atomic E-state index is 10.6. The standard InChI is InChI=1S/C12H20N4O2/c1-15(2)8-4-3-7-14-12-6-5-10(16(17)18)9-11(12)13/h5-6,9,14H,3-4,7-8,13H2,1-2H3. The Labute approximate surface area is 107 Å². The first kappa shape index (κ1) is 14.2. The van der Waals surface area contributed by atoms with Crippen LogP contribution in [-0.2, 0) is 0 Å². The van der Waals surface area contributed by atoms with Crippen LogP contribution in [0.3, 0.4) is 0 Å². The molecule has 6 nitrogen and oxygen atoms in total. The predicted molar refractivity (Wildman–Crippen MR) is 73.8 cm³/mol. The highest BCUT2D eigenvalue weighted by Gasteiger charge is 2.07. The van der Waals surface area contributed by atoms with Gasteiger partial charge in [0.2, 0.25) is 0 Å². The number of hydrogen-bond acceptors (Lipinski definition) is 5. The van der Waals surface area contributed by atoms with Crippen molar-refractivity contribution in [3.8, 4) is 0 Å². The molecule has 0 unspecified atom stereocenters. The van der Waals surface area contributed by atoms with Crippen LogP contribution in [-0.4, -0.2) is 37.0 Å². The summed E-state index contributed by atoms with van der Waals surface area (Å²) in [5, 5.41) is 13.7. The van der Waals surface area contributed by atoms with Crippen molar-refractivity contribution in [2.75, 3.05) is 38.2 Å². The molecule has 0 aliphatic heterocycles. The van der Waals surface area contributed by atoms with Gasteiger partial charge < -0.3 is 16.0 Å². The van der Waals surface area contributed by atoms with Crippen LogP contribution in [0.5, 0.6) is 0 Å². The van der Waals surface area contributed by atoms with Crippen molar-refractivity contribution in [3.63, 3.8) is 0 Å². The minimum atomic E-state index is -0.447. The van der Waals surface area contributed by atoms with Crippen molar-refractivity contribution in [2.24, 2.45) is 0 Å². The van der Waals surface area contributed by atoms with Crippen molar-refractivity contribution < 1.29 is 4.92 Å². The SMILES string of the molecule is CN(C)CCCCNc1ccc([N+](=O)[O-])cc1N. The number of nitrogens with one attached hydrogen (secondary N) is 1.